The van der Waals surface area contributed by atoms with Gasteiger partial charge in [0.2, 0.25) is 11.8 Å². The molecule has 0 N–H and O–H groups in total. The van der Waals surface area contributed by atoms with Gasteiger partial charge in [-0.3, -0.25) is 12.1 Å². The molecule has 0 aliphatic carbocycles. The van der Waals surface area contributed by atoms with Crippen LogP contribution in [0.2, 0.25) is 0 Å². The van der Waals surface area contributed by atoms with E-state index in [0.29, 0.717) is 34.4 Å². The molecule has 0 spiro atoms. The second-order valence-corrected chi connectivity index (χ2v) is 11.1. The average molecular weight is 1060 g/mol. The monoisotopic (exact) mass is 1060 g/mol. The molecule has 0 radical (unpaired) electrons. The summed E-state index contributed by atoms with van der Waals surface area (Å²) in [5, 5.41) is 0. The fourth-order valence-corrected chi connectivity index (χ4v) is 5.01. The number of benzene rings is 2. The molecule has 8 nitrogen and oxygen atoms in total. The second-order valence-electron chi connectivity index (χ2n) is 11.1. The topological polar surface area (TPSA) is 64.0 Å². The summed E-state index contributed by atoms with van der Waals surface area (Å²) in [5.74, 6) is 1.98. The number of rotatable bonds is 7. The van der Waals surface area contributed by atoms with Crippen LogP contribution in [0.4, 0.5) is 0 Å². The van der Waals surface area contributed by atoms with E-state index in [1.165, 1.54) is 0 Å². The van der Waals surface area contributed by atoms with Crippen LogP contribution in [0.3, 0.4) is 0 Å². The van der Waals surface area contributed by atoms with Crippen molar-refractivity contribution in [3.8, 4) is 69.0 Å². The average Bonchev–Trinajstić information content (AvgIpc) is 4.02. The van der Waals surface area contributed by atoms with Gasteiger partial charge in [0.05, 0.1) is 0 Å². The molecule has 0 bridgehead atoms. The van der Waals surface area contributed by atoms with E-state index in [4.69, 9.17) is 22.3 Å². The Kier molecular flexibility index (Phi) is 15.3. The molecule has 8 aromatic rings. The van der Waals surface area contributed by atoms with E-state index in [1.54, 1.807) is 70.6 Å². The van der Waals surface area contributed by atoms with Crippen LogP contribution in [0.15, 0.2) is 147 Å². The minimum absolute atomic E-state index is 0. The summed E-state index contributed by atoms with van der Waals surface area (Å²) >= 11 is 0. The minimum atomic E-state index is 0. The van der Waals surface area contributed by atoms with Crippen LogP contribution in [0, 0.1) is 49.2 Å². The first-order valence-corrected chi connectivity index (χ1v) is 16.0. The van der Waals surface area contributed by atoms with Crippen LogP contribution in [0.1, 0.15) is 0 Å². The predicted octanol–water partition coefficient (Wildman–Crippen LogP) is 8.70. The normalized spacial score (nSPS) is 9.70. The predicted molar refractivity (Wildman–Crippen MR) is 199 cm³/mol. The molecule has 8 rings (SSSR count). The zero-order valence-corrected chi connectivity index (χ0v) is 33.5. The van der Waals surface area contributed by atoms with Crippen LogP contribution < -0.4 is 9.47 Å². The molecule has 10 heteroatoms. The van der Waals surface area contributed by atoms with E-state index < -0.39 is 0 Å². The first-order chi connectivity index (χ1) is 25.5. The van der Waals surface area contributed by atoms with Gasteiger partial charge in [-0.1, -0.05) is 11.5 Å². The van der Waals surface area contributed by atoms with E-state index in [-0.39, 0.29) is 42.1 Å². The number of nitrogens with zero attached hydrogens (tertiary/aromatic N) is 6. The van der Waals surface area contributed by atoms with Gasteiger partial charge in [-0.25, -0.2) is 22.1 Å². The van der Waals surface area contributed by atoms with Crippen molar-refractivity contribution in [2.75, 3.05) is 0 Å². The molecule has 0 saturated heterocycles. The molecular weight excluding hydrogens is 1030 g/mol. The summed E-state index contributed by atoms with van der Waals surface area (Å²) in [5.41, 5.74) is 5.48. The van der Waals surface area contributed by atoms with Crippen LogP contribution in [0.25, 0.3) is 33.6 Å². The standard InChI is InChI=1S/C32H22N4O2.2C6H4N.2Pt/c1-35-17-5-11-29(35)25-13-15-33-31(21-25)37-27-9-3-7-23(19-27)24-8-4-10-28(20-24)38-32-22-26(14-16-34-32)30-12-6-18-36(30)2;2*1-2-7-5-3-4-6-7;;/h3-6,9-18,21-22H,1-2H3;2*3-6H;;/q-4;2*-1;;. The van der Waals surface area contributed by atoms with Crippen molar-refractivity contribution in [1.29, 1.82) is 0 Å². The molecule has 0 fully saturated rings. The summed E-state index contributed by atoms with van der Waals surface area (Å²) < 4.78 is 19.3. The van der Waals surface area contributed by atoms with Gasteiger partial charge >= 0.3 is 0 Å². The zero-order valence-electron chi connectivity index (χ0n) is 29.0. The summed E-state index contributed by atoms with van der Waals surface area (Å²) in [7, 11) is 4.01. The SMILES string of the molecule is Cn1cccc1-c1ccnc(Oc2[c-]c(-c3[c-]ccc(Oc4cc(-c5cccn5C)ccn4)[c-]3)[c-]cc2)c1.[C-]#Cn1cccc1.[C-]#Cn1cccc1.[Pt].[Pt]. The molecule has 6 aromatic heterocycles. The minimum Gasteiger partial charge on any atom is -0.669 e. The number of hydrogen-bond acceptors (Lipinski definition) is 4. The fourth-order valence-electron chi connectivity index (χ4n) is 5.01. The molecule has 0 aliphatic heterocycles. The van der Waals surface area contributed by atoms with Gasteiger partial charge in [0.1, 0.15) is 0 Å². The smallest absolute Gasteiger partial charge is 0.216 e. The molecule has 274 valence electrons. The van der Waals surface area contributed by atoms with Gasteiger partial charge in [-0.05, 0) is 60.7 Å². The van der Waals surface area contributed by atoms with Crippen molar-refractivity contribution < 1.29 is 51.6 Å². The maximum absolute atomic E-state index is 6.57. The molecule has 0 unspecified atom stereocenters. The third-order valence-corrected chi connectivity index (χ3v) is 7.52. The Morgan fingerprint density at radius 1 is 0.556 bits per heavy atom. The molecule has 54 heavy (non-hydrogen) atoms. The maximum Gasteiger partial charge on any atom is 0.216 e. The van der Waals surface area contributed by atoms with Crippen molar-refractivity contribution >= 4 is 0 Å². The molecule has 0 atom stereocenters. The van der Waals surface area contributed by atoms with Gasteiger partial charge in [0, 0.05) is 140 Å². The summed E-state index contributed by atoms with van der Waals surface area (Å²) in [4.78, 5) is 8.73. The van der Waals surface area contributed by atoms with E-state index >= 15 is 0 Å². The van der Waals surface area contributed by atoms with Gasteiger partial charge in [-0.15, -0.1) is 0 Å². The van der Waals surface area contributed by atoms with Crippen molar-refractivity contribution in [3.63, 3.8) is 0 Å². The van der Waals surface area contributed by atoms with Crippen molar-refractivity contribution in [1.82, 2.24) is 28.2 Å². The van der Waals surface area contributed by atoms with E-state index in [1.807, 2.05) is 87.2 Å². The van der Waals surface area contributed by atoms with Crippen LogP contribution in [-0.4, -0.2) is 28.2 Å². The molecule has 0 aliphatic rings. The number of aromatic nitrogens is 6. The van der Waals surface area contributed by atoms with Gasteiger partial charge in [-0.2, -0.15) is 12.1 Å². The third-order valence-electron chi connectivity index (χ3n) is 7.52. The van der Waals surface area contributed by atoms with E-state index in [2.05, 4.69) is 67.6 Å². The van der Waals surface area contributed by atoms with Crippen LogP contribution in [0.5, 0.6) is 23.3 Å². The van der Waals surface area contributed by atoms with Crippen LogP contribution >= 0.6 is 0 Å². The van der Waals surface area contributed by atoms with Gasteiger partial charge < -0.3 is 76.0 Å². The number of aryl methyl sites for hydroxylation is 2. The van der Waals surface area contributed by atoms with Crippen molar-refractivity contribution in [2.24, 2.45) is 14.1 Å². The molecule has 0 saturated carbocycles. The number of pyridine rings is 2. The Labute approximate surface area is 344 Å². The van der Waals surface area contributed by atoms with Gasteiger partial charge in [0.25, 0.3) is 0 Å². The Hall–Kier alpha value is -6.04. The largest absolute Gasteiger partial charge is 0.669 e. The van der Waals surface area contributed by atoms with Gasteiger partial charge in [0.15, 0.2) is 0 Å². The Morgan fingerprint density at radius 3 is 1.30 bits per heavy atom. The summed E-state index contributed by atoms with van der Waals surface area (Å²) in [6.45, 7) is 0. The Morgan fingerprint density at radius 2 is 0.963 bits per heavy atom. The maximum atomic E-state index is 6.57. The zero-order chi connectivity index (χ0) is 36.1. The molecule has 6 heterocycles. The first-order valence-electron chi connectivity index (χ1n) is 16.0. The molecule has 2 aromatic carbocycles. The molecule has 0 amide bonds. The number of hydrogen-bond donors (Lipinski definition) is 0. The van der Waals surface area contributed by atoms with E-state index in [9.17, 15) is 0 Å². The third kappa shape index (κ3) is 11.0. The van der Waals surface area contributed by atoms with Crippen molar-refractivity contribution in [2.45, 2.75) is 0 Å². The first kappa shape index (κ1) is 40.7. The van der Waals surface area contributed by atoms with Crippen molar-refractivity contribution in [3.05, 3.63) is 184 Å². The number of ether oxygens (including phenoxy) is 2. The Bertz CT molecular complexity index is 2260. The van der Waals surface area contributed by atoms with E-state index in [0.717, 1.165) is 22.5 Å². The van der Waals surface area contributed by atoms with Crippen LogP contribution in [-0.2, 0) is 56.2 Å². The molecular formula is C44H30N6O2Pt2-6. The Balaban J connectivity index is 0.000000340. The second kappa shape index (κ2) is 20.3. The summed E-state index contributed by atoms with van der Waals surface area (Å²) in [6.07, 6.45) is 27.6. The summed E-state index contributed by atoms with van der Waals surface area (Å²) in [6, 6.07) is 47.6. The quantitative estimate of drug-likeness (QED) is 0.119. The fraction of sp³-hybridized carbons (Fsp3) is 0.0455.